The Kier molecular flexibility index (Phi) is 8.87. The lowest BCUT2D eigenvalue weighted by molar-refractivity contribution is -0.139. The van der Waals surface area contributed by atoms with Crippen molar-refractivity contribution in [1.82, 2.24) is 24.5 Å². The van der Waals surface area contributed by atoms with Crippen LogP contribution in [-0.4, -0.2) is 59.1 Å². The van der Waals surface area contributed by atoms with E-state index in [0.717, 1.165) is 22.2 Å². The van der Waals surface area contributed by atoms with Crippen LogP contribution in [-0.2, 0) is 34.7 Å². The summed E-state index contributed by atoms with van der Waals surface area (Å²) in [6.45, 7) is 2.08. The van der Waals surface area contributed by atoms with Gasteiger partial charge in [-0.05, 0) is 77.7 Å². The second kappa shape index (κ2) is 14.1. The van der Waals surface area contributed by atoms with Crippen LogP contribution in [0.5, 0.6) is 0 Å². The number of rotatable bonds is 9. The summed E-state index contributed by atoms with van der Waals surface area (Å²) in [6.07, 6.45) is 3.93. The van der Waals surface area contributed by atoms with Crippen molar-refractivity contribution in [3.05, 3.63) is 170 Å². The summed E-state index contributed by atoms with van der Waals surface area (Å²) >= 11 is 0. The Labute approximate surface area is 326 Å². The molecule has 2 amide bonds. The van der Waals surface area contributed by atoms with Crippen molar-refractivity contribution in [3.8, 4) is 11.4 Å². The molecule has 57 heavy (non-hydrogen) atoms. The van der Waals surface area contributed by atoms with E-state index in [9.17, 15) is 29.4 Å². The van der Waals surface area contributed by atoms with Crippen molar-refractivity contribution in [3.63, 3.8) is 0 Å². The molecule has 2 aromatic heterocycles. The van der Waals surface area contributed by atoms with Gasteiger partial charge in [0.25, 0.3) is 17.0 Å². The van der Waals surface area contributed by atoms with Crippen molar-refractivity contribution in [2.75, 3.05) is 11.5 Å². The Morgan fingerprint density at radius 2 is 1.40 bits per heavy atom. The van der Waals surface area contributed by atoms with Crippen LogP contribution in [0.4, 0.5) is 5.69 Å². The highest BCUT2D eigenvalue weighted by atomic mass is 16.3. The van der Waals surface area contributed by atoms with E-state index in [1.165, 1.54) is 14.3 Å². The van der Waals surface area contributed by atoms with E-state index in [4.69, 9.17) is 0 Å². The first-order valence-electron chi connectivity index (χ1n) is 19.0. The highest BCUT2D eigenvalue weighted by molar-refractivity contribution is 6.07. The maximum atomic E-state index is 14.6. The van der Waals surface area contributed by atoms with Gasteiger partial charge in [0.2, 0.25) is 5.91 Å². The van der Waals surface area contributed by atoms with Gasteiger partial charge in [-0.15, -0.1) is 0 Å². The van der Waals surface area contributed by atoms with E-state index >= 15 is 0 Å². The van der Waals surface area contributed by atoms with Crippen LogP contribution in [0.25, 0.3) is 33.2 Å². The number of H-pyrrole nitrogens is 2. The summed E-state index contributed by atoms with van der Waals surface area (Å²) in [5.41, 5.74) is 3.70. The van der Waals surface area contributed by atoms with Gasteiger partial charge in [-0.25, -0.2) is 9.36 Å². The molecule has 0 fully saturated rings. The third kappa shape index (κ3) is 6.01. The molecule has 4 heterocycles. The highest BCUT2D eigenvalue weighted by Gasteiger charge is 2.52. The van der Waals surface area contributed by atoms with E-state index < -0.39 is 17.4 Å². The summed E-state index contributed by atoms with van der Waals surface area (Å²) in [4.78, 5) is 57.8. The number of amides is 2. The lowest BCUT2D eigenvalue weighted by Gasteiger charge is -2.36. The standard InChI is InChI=1S/C45H40N6O6/c1-28(9-8-16-41(53)48-26-31-11-3-2-10-30(31)23-34(48)27-52)45(57)37-24-33(51-43(55)36-13-5-7-15-39(36)47-51)21-22-40(37)49(44(45)56)25-29-17-19-32(20-18-29)50-42(54)35-12-4-6-14-38(35)46-50/h2-15,17-22,24,28,34,46-47,52,57H,16,23,25-27H2,1H3/b9-8+/t28-,34+,45+/m1/s1. The zero-order chi connectivity index (χ0) is 39.4. The number of para-hydroxylation sites is 2. The summed E-state index contributed by atoms with van der Waals surface area (Å²) in [7, 11) is 0. The van der Waals surface area contributed by atoms with E-state index in [-0.39, 0.29) is 42.6 Å². The molecule has 9 rings (SSSR count). The van der Waals surface area contributed by atoms with Gasteiger partial charge in [0, 0.05) is 24.4 Å². The number of nitrogens with one attached hydrogen (secondary N) is 2. The van der Waals surface area contributed by atoms with Crippen molar-refractivity contribution in [2.24, 2.45) is 5.92 Å². The first-order chi connectivity index (χ1) is 27.6. The smallest absolute Gasteiger partial charge is 0.279 e. The van der Waals surface area contributed by atoms with Gasteiger partial charge >= 0.3 is 0 Å². The fourth-order valence-corrected chi connectivity index (χ4v) is 8.32. The Balaban J connectivity index is 1.02. The van der Waals surface area contributed by atoms with Crippen molar-refractivity contribution in [2.45, 2.75) is 44.5 Å². The van der Waals surface area contributed by atoms with Crippen molar-refractivity contribution < 1.29 is 19.8 Å². The van der Waals surface area contributed by atoms with E-state index in [1.54, 1.807) is 72.5 Å². The molecule has 7 aromatic rings. The molecule has 0 unspecified atom stereocenters. The number of hydrogen-bond acceptors (Lipinski definition) is 6. The molecule has 12 nitrogen and oxygen atoms in total. The second-order valence-corrected chi connectivity index (χ2v) is 14.9. The highest BCUT2D eigenvalue weighted by Crippen LogP contribution is 2.46. The number of hydrogen-bond donors (Lipinski definition) is 4. The summed E-state index contributed by atoms with van der Waals surface area (Å²) in [5.74, 6) is -1.51. The molecule has 0 saturated carbocycles. The molecular weight excluding hydrogens is 721 g/mol. The number of aliphatic hydroxyl groups excluding tert-OH is 1. The lowest BCUT2D eigenvalue weighted by atomic mass is 9.82. The number of anilines is 1. The molecule has 3 atom stereocenters. The first kappa shape index (κ1) is 35.9. The predicted molar refractivity (Wildman–Crippen MR) is 217 cm³/mol. The van der Waals surface area contributed by atoms with Gasteiger partial charge < -0.3 is 20.0 Å². The summed E-state index contributed by atoms with van der Waals surface area (Å²) in [5, 5.41) is 30.1. The molecule has 0 spiro atoms. The predicted octanol–water partition coefficient (Wildman–Crippen LogP) is 5.21. The normalized spacial score (nSPS) is 18.4. The topological polar surface area (TPSA) is 157 Å². The Bertz CT molecular complexity index is 2850. The number of benzene rings is 5. The van der Waals surface area contributed by atoms with Crippen molar-refractivity contribution in [1.29, 1.82) is 0 Å². The number of carbonyl (C=O) groups is 2. The molecule has 286 valence electrons. The van der Waals surface area contributed by atoms with Gasteiger partial charge in [-0.2, -0.15) is 0 Å². The zero-order valence-electron chi connectivity index (χ0n) is 31.1. The van der Waals surface area contributed by atoms with Gasteiger partial charge in [-0.3, -0.25) is 29.4 Å². The molecule has 4 N–H and O–H groups in total. The zero-order valence-corrected chi connectivity index (χ0v) is 31.1. The van der Waals surface area contributed by atoms with Gasteiger partial charge in [0.1, 0.15) is 0 Å². The number of nitrogens with zero attached hydrogens (tertiary/aromatic N) is 4. The Hall–Kier alpha value is -6.76. The first-order valence-corrected chi connectivity index (χ1v) is 19.0. The van der Waals surface area contributed by atoms with Crippen LogP contribution in [0.1, 0.15) is 35.6 Å². The maximum Gasteiger partial charge on any atom is 0.279 e. The molecule has 0 saturated heterocycles. The van der Waals surface area contributed by atoms with Crippen LogP contribution in [0.3, 0.4) is 0 Å². The largest absolute Gasteiger partial charge is 0.394 e. The Morgan fingerprint density at radius 3 is 2.05 bits per heavy atom. The van der Waals surface area contributed by atoms with Crippen LogP contribution in [0.2, 0.25) is 0 Å². The fraction of sp³-hybridized carbons (Fsp3) is 0.200. The quantitative estimate of drug-likeness (QED) is 0.148. The van der Waals surface area contributed by atoms with Crippen LogP contribution in [0, 0.1) is 5.92 Å². The minimum atomic E-state index is -2.05. The number of aromatic amines is 2. The minimum absolute atomic E-state index is 0.0140. The summed E-state index contributed by atoms with van der Waals surface area (Å²) < 4.78 is 2.88. The third-order valence-electron chi connectivity index (χ3n) is 11.5. The average Bonchev–Trinajstić information content (AvgIpc) is 3.84. The van der Waals surface area contributed by atoms with Gasteiger partial charge in [-0.1, -0.05) is 79.7 Å². The second-order valence-electron chi connectivity index (χ2n) is 14.9. The number of fused-ring (bicyclic) bond motifs is 4. The molecular formula is C45H40N6O6. The summed E-state index contributed by atoms with van der Waals surface area (Å²) in [6, 6.07) is 34.4. The molecule has 0 bridgehead atoms. The van der Waals surface area contributed by atoms with Crippen LogP contribution in [0.15, 0.2) is 137 Å². The molecule has 2 aliphatic rings. The molecule has 5 aromatic carbocycles. The number of carbonyl (C=O) groups excluding carboxylic acids is 2. The average molecular weight is 761 g/mol. The van der Waals surface area contributed by atoms with E-state index in [2.05, 4.69) is 10.2 Å². The van der Waals surface area contributed by atoms with Crippen LogP contribution < -0.4 is 16.0 Å². The number of aromatic nitrogens is 4. The SMILES string of the molecule is C[C@H](/C=C/CC(=O)N1Cc2ccccc2C[C@H]1CO)[C@@]1(O)C(=O)N(Cc2ccc(-n3[nH]c4ccccc4c3=O)cc2)c2ccc(-n3[nH]c4ccccc4c3=O)cc21. The minimum Gasteiger partial charge on any atom is -0.394 e. The van der Waals surface area contributed by atoms with Crippen molar-refractivity contribution >= 4 is 39.3 Å². The lowest BCUT2D eigenvalue weighted by Crippen LogP contribution is -2.46. The van der Waals surface area contributed by atoms with Gasteiger partial charge in [0.05, 0.1) is 58.1 Å². The molecule has 0 aliphatic carbocycles. The van der Waals surface area contributed by atoms with E-state index in [1.807, 2.05) is 66.7 Å². The fourth-order valence-electron chi connectivity index (χ4n) is 8.32. The monoisotopic (exact) mass is 760 g/mol. The maximum absolute atomic E-state index is 14.6. The van der Waals surface area contributed by atoms with Gasteiger partial charge in [0.15, 0.2) is 5.60 Å². The molecule has 2 aliphatic heterocycles. The van der Waals surface area contributed by atoms with Crippen LogP contribution >= 0.6 is 0 Å². The molecule has 12 heteroatoms. The third-order valence-corrected chi connectivity index (χ3v) is 11.5. The Morgan fingerprint density at radius 1 is 0.807 bits per heavy atom. The number of aliphatic hydroxyl groups is 2. The molecule has 0 radical (unpaired) electrons. The van der Waals surface area contributed by atoms with E-state index in [0.29, 0.717) is 51.9 Å².